The highest BCUT2D eigenvalue weighted by molar-refractivity contribution is 14.0. The van der Waals surface area contributed by atoms with Crippen molar-refractivity contribution in [1.29, 1.82) is 0 Å². The summed E-state index contributed by atoms with van der Waals surface area (Å²) in [5.41, 5.74) is 0. The van der Waals surface area contributed by atoms with Crippen LogP contribution in [0.25, 0.3) is 0 Å². The van der Waals surface area contributed by atoms with Crippen molar-refractivity contribution in [1.82, 2.24) is 25.8 Å². The van der Waals surface area contributed by atoms with Crippen molar-refractivity contribution in [3.8, 4) is 0 Å². The molecule has 2 atom stereocenters. The number of fused-ring (bicyclic) bond motifs is 3. The fourth-order valence-electron chi connectivity index (χ4n) is 3.38. The molecule has 0 aromatic heterocycles. The van der Waals surface area contributed by atoms with Crippen LogP contribution in [-0.4, -0.2) is 86.6 Å². The molecule has 4 fully saturated rings. The Labute approximate surface area is 149 Å². The van der Waals surface area contributed by atoms with Gasteiger partial charge in [0.15, 0.2) is 5.96 Å². The number of aliphatic imine (C=N–C) groups is 1. The molecule has 3 N–H and O–H groups in total. The van der Waals surface area contributed by atoms with Gasteiger partial charge in [0.25, 0.3) is 0 Å². The van der Waals surface area contributed by atoms with Crippen molar-refractivity contribution in [2.75, 3.05) is 52.9 Å². The van der Waals surface area contributed by atoms with Crippen LogP contribution >= 0.6 is 24.0 Å². The van der Waals surface area contributed by atoms with Crippen LogP contribution in [0.2, 0.25) is 0 Å². The molecule has 2 unspecified atom stereocenters. The zero-order valence-corrected chi connectivity index (χ0v) is 15.5. The fourth-order valence-corrected chi connectivity index (χ4v) is 3.38. The van der Waals surface area contributed by atoms with Crippen LogP contribution in [0.3, 0.4) is 0 Å². The van der Waals surface area contributed by atoms with Crippen LogP contribution in [-0.2, 0) is 4.79 Å². The zero-order chi connectivity index (χ0) is 14.7. The molecule has 22 heavy (non-hydrogen) atoms. The second-order valence-corrected chi connectivity index (χ2v) is 6.13. The molecular formula is C14H27IN6O. The maximum Gasteiger partial charge on any atom is 0.220 e. The minimum absolute atomic E-state index is 0. The van der Waals surface area contributed by atoms with Crippen molar-refractivity contribution >= 4 is 35.8 Å². The van der Waals surface area contributed by atoms with E-state index in [1.807, 2.05) is 0 Å². The summed E-state index contributed by atoms with van der Waals surface area (Å²) in [5, 5.41) is 9.73. The Hall–Kier alpha value is -0.610. The lowest BCUT2D eigenvalue weighted by molar-refractivity contribution is -0.122. The van der Waals surface area contributed by atoms with Crippen molar-refractivity contribution < 1.29 is 4.79 Å². The van der Waals surface area contributed by atoms with Crippen molar-refractivity contribution in [2.24, 2.45) is 4.99 Å². The zero-order valence-electron chi connectivity index (χ0n) is 13.2. The minimum atomic E-state index is 0. The van der Waals surface area contributed by atoms with Crippen LogP contribution in [0.15, 0.2) is 4.99 Å². The van der Waals surface area contributed by atoms with Gasteiger partial charge < -0.3 is 16.0 Å². The number of piperazine rings is 3. The van der Waals surface area contributed by atoms with Crippen LogP contribution in [0, 0.1) is 0 Å². The van der Waals surface area contributed by atoms with Gasteiger partial charge in [-0.25, -0.2) is 0 Å². The average molecular weight is 422 g/mol. The van der Waals surface area contributed by atoms with E-state index in [4.69, 9.17) is 0 Å². The van der Waals surface area contributed by atoms with E-state index >= 15 is 0 Å². The summed E-state index contributed by atoms with van der Waals surface area (Å²) in [4.78, 5) is 20.6. The van der Waals surface area contributed by atoms with E-state index in [-0.39, 0.29) is 35.9 Å². The van der Waals surface area contributed by atoms with Crippen molar-refractivity contribution in [3.05, 3.63) is 0 Å². The molecule has 4 saturated heterocycles. The van der Waals surface area contributed by atoms with E-state index in [0.717, 1.165) is 25.5 Å². The largest absolute Gasteiger partial charge is 0.355 e. The Morgan fingerprint density at radius 1 is 1.36 bits per heavy atom. The van der Waals surface area contributed by atoms with Gasteiger partial charge >= 0.3 is 0 Å². The minimum Gasteiger partial charge on any atom is -0.355 e. The van der Waals surface area contributed by atoms with E-state index < -0.39 is 0 Å². The highest BCUT2D eigenvalue weighted by atomic mass is 127. The van der Waals surface area contributed by atoms with E-state index in [2.05, 4.69) is 30.7 Å². The fraction of sp³-hybridized carbons (Fsp3) is 0.857. The van der Waals surface area contributed by atoms with Gasteiger partial charge in [-0.15, -0.1) is 24.0 Å². The molecule has 126 valence electrons. The van der Waals surface area contributed by atoms with Crippen LogP contribution in [0.1, 0.15) is 12.8 Å². The Balaban J connectivity index is 0.00000176. The number of carbonyl (C=O) groups is 1. The number of hydrogen-bond acceptors (Lipinski definition) is 4. The normalized spacial score (nSPS) is 34.6. The second kappa shape index (κ2) is 8.30. The molecule has 0 aliphatic carbocycles. The molecule has 8 heteroatoms. The average Bonchev–Trinajstić information content (AvgIpc) is 2.54. The first-order valence-corrected chi connectivity index (χ1v) is 7.95. The summed E-state index contributed by atoms with van der Waals surface area (Å²) >= 11 is 0. The number of hydrogen-bond donors (Lipinski definition) is 3. The highest BCUT2D eigenvalue weighted by Gasteiger charge is 2.31. The molecule has 0 aromatic carbocycles. The maximum atomic E-state index is 11.2. The second-order valence-electron chi connectivity index (χ2n) is 6.13. The molecular weight excluding hydrogens is 395 g/mol. The number of nitrogens with zero attached hydrogens (tertiary/aromatic N) is 3. The lowest BCUT2D eigenvalue weighted by Gasteiger charge is -2.47. The van der Waals surface area contributed by atoms with Gasteiger partial charge in [0, 0.05) is 71.4 Å². The molecule has 4 heterocycles. The molecule has 2 bridgehead atoms. The first kappa shape index (κ1) is 17.7. The predicted molar refractivity (Wildman–Crippen MR) is 97.7 cm³/mol. The number of amides is 1. The molecule has 0 saturated carbocycles. The number of piperidine rings is 1. The Kier molecular flexibility index (Phi) is 6.69. The van der Waals surface area contributed by atoms with E-state index in [0.29, 0.717) is 19.0 Å². The molecule has 0 aromatic rings. The Morgan fingerprint density at radius 2 is 2.14 bits per heavy atom. The third-order valence-corrected chi connectivity index (χ3v) is 4.73. The summed E-state index contributed by atoms with van der Waals surface area (Å²) in [6.07, 6.45) is 1.47. The Bertz CT molecular complexity index is 400. The number of rotatable bonds is 3. The molecule has 4 rings (SSSR count). The van der Waals surface area contributed by atoms with Gasteiger partial charge in [-0.2, -0.15) is 0 Å². The smallest absolute Gasteiger partial charge is 0.220 e. The number of nitrogens with one attached hydrogen (secondary N) is 3. The SMILES string of the molecule is CN=C(NCC1CN2CCN1CC2)NC1CCC(=O)NC1.I. The number of carbonyl (C=O) groups excluding carboxylic acids is 1. The molecule has 0 spiro atoms. The van der Waals surface area contributed by atoms with E-state index in [1.165, 1.54) is 26.2 Å². The maximum absolute atomic E-state index is 11.2. The Morgan fingerprint density at radius 3 is 2.68 bits per heavy atom. The van der Waals surface area contributed by atoms with Crippen LogP contribution < -0.4 is 16.0 Å². The quantitative estimate of drug-likeness (QED) is 0.311. The summed E-state index contributed by atoms with van der Waals surface area (Å²) in [6, 6.07) is 0.859. The molecule has 1 amide bonds. The van der Waals surface area contributed by atoms with Crippen molar-refractivity contribution in [3.63, 3.8) is 0 Å². The van der Waals surface area contributed by atoms with Gasteiger partial charge in [0.2, 0.25) is 5.91 Å². The van der Waals surface area contributed by atoms with Gasteiger partial charge in [-0.1, -0.05) is 0 Å². The standard InChI is InChI=1S/C14H26N6O.HI/c1-15-14(18-11-2-3-13(21)16-8-11)17-9-12-10-19-4-6-20(12)7-5-19;/h11-12H,2-10H2,1H3,(H,16,21)(H2,15,17,18);1H. The summed E-state index contributed by atoms with van der Waals surface area (Å²) in [7, 11) is 1.80. The third-order valence-electron chi connectivity index (χ3n) is 4.73. The monoisotopic (exact) mass is 422 g/mol. The molecule has 4 aliphatic rings. The molecule has 7 nitrogen and oxygen atoms in total. The van der Waals surface area contributed by atoms with Crippen molar-refractivity contribution in [2.45, 2.75) is 24.9 Å². The first-order chi connectivity index (χ1) is 10.2. The summed E-state index contributed by atoms with van der Waals surface area (Å²) < 4.78 is 0. The molecule has 4 aliphatic heterocycles. The van der Waals surface area contributed by atoms with Gasteiger partial charge in [-0.3, -0.25) is 19.6 Å². The first-order valence-electron chi connectivity index (χ1n) is 7.95. The van der Waals surface area contributed by atoms with Gasteiger partial charge in [0.1, 0.15) is 0 Å². The number of halogens is 1. The van der Waals surface area contributed by atoms with Crippen LogP contribution in [0.5, 0.6) is 0 Å². The third kappa shape index (κ3) is 4.45. The van der Waals surface area contributed by atoms with Gasteiger partial charge in [0.05, 0.1) is 0 Å². The lowest BCUT2D eigenvalue weighted by Crippen LogP contribution is -2.64. The summed E-state index contributed by atoms with van der Waals surface area (Å²) in [6.45, 7) is 7.57. The number of guanidine groups is 1. The summed E-state index contributed by atoms with van der Waals surface area (Å²) in [5.74, 6) is 0.991. The van der Waals surface area contributed by atoms with E-state index in [1.54, 1.807) is 7.05 Å². The lowest BCUT2D eigenvalue weighted by atomic mass is 10.1. The topological polar surface area (TPSA) is 72.0 Å². The predicted octanol–water partition coefficient (Wildman–Crippen LogP) is -0.952. The molecule has 0 radical (unpaired) electrons. The van der Waals surface area contributed by atoms with E-state index in [9.17, 15) is 4.79 Å². The van der Waals surface area contributed by atoms with Crippen LogP contribution in [0.4, 0.5) is 0 Å². The highest BCUT2D eigenvalue weighted by Crippen LogP contribution is 2.14. The van der Waals surface area contributed by atoms with Gasteiger partial charge in [-0.05, 0) is 6.42 Å².